The van der Waals surface area contributed by atoms with Crippen molar-refractivity contribution in [1.29, 1.82) is 10.5 Å². The molecule has 0 fully saturated rings. The summed E-state index contributed by atoms with van der Waals surface area (Å²) < 4.78 is 9.53. The number of rotatable bonds is 2. The van der Waals surface area contributed by atoms with E-state index in [-0.39, 0.29) is 5.88 Å². The van der Waals surface area contributed by atoms with E-state index in [4.69, 9.17) is 4.74 Å². The number of hydrogen-bond acceptors (Lipinski definition) is 7. The lowest BCUT2D eigenvalue weighted by Crippen LogP contribution is -2.23. The molecule has 1 aromatic heterocycles. The molecule has 2 N–H and O–H groups in total. The Hall–Kier alpha value is -3.78. The summed E-state index contributed by atoms with van der Waals surface area (Å²) in [5.41, 5.74) is 3.71. The van der Waals surface area contributed by atoms with E-state index in [0.29, 0.717) is 33.4 Å². The number of methoxy groups -OCH3 is 1. The maximum Gasteiger partial charge on any atom is 0.514 e. The number of nitriles is 2. The highest BCUT2D eigenvalue weighted by Crippen LogP contribution is 2.39. The standard InChI is InChI=1S/C18H15N5O3/c1-9-13(7-19)16(14(8-20)10(2)21-9)11-4-5-15-12(6-11)17(23-22-15)26-18(24)25-3/h4-6,16,21H,1-3H3,(H,22,23). The van der Waals surface area contributed by atoms with Crippen molar-refractivity contribution in [3.05, 3.63) is 46.3 Å². The zero-order valence-electron chi connectivity index (χ0n) is 14.4. The fourth-order valence-electron chi connectivity index (χ4n) is 3.01. The smallest absolute Gasteiger partial charge is 0.437 e. The Morgan fingerprint density at radius 3 is 2.42 bits per heavy atom. The van der Waals surface area contributed by atoms with Gasteiger partial charge in [0.25, 0.3) is 5.88 Å². The average molecular weight is 349 g/mol. The largest absolute Gasteiger partial charge is 0.514 e. The number of allylic oxidation sites excluding steroid dienone is 4. The molecule has 8 heteroatoms. The molecular weight excluding hydrogens is 334 g/mol. The zero-order chi connectivity index (χ0) is 18.8. The summed E-state index contributed by atoms with van der Waals surface area (Å²) >= 11 is 0. The van der Waals surface area contributed by atoms with Crippen molar-refractivity contribution in [2.75, 3.05) is 7.11 Å². The molecule has 2 heterocycles. The number of dihydropyridines is 1. The van der Waals surface area contributed by atoms with Crippen molar-refractivity contribution in [1.82, 2.24) is 15.5 Å². The Labute approximate surface area is 149 Å². The first-order chi connectivity index (χ1) is 12.5. The van der Waals surface area contributed by atoms with Crippen LogP contribution in [0.1, 0.15) is 25.3 Å². The highest BCUT2D eigenvalue weighted by molar-refractivity contribution is 5.86. The molecule has 1 aliphatic rings. The molecule has 3 rings (SSSR count). The molecule has 0 saturated carbocycles. The number of carbonyl (C=O) groups is 1. The van der Waals surface area contributed by atoms with E-state index in [1.165, 1.54) is 7.11 Å². The van der Waals surface area contributed by atoms with E-state index in [2.05, 4.69) is 32.4 Å². The average Bonchev–Trinajstić information content (AvgIpc) is 3.03. The van der Waals surface area contributed by atoms with Gasteiger partial charge in [0, 0.05) is 11.4 Å². The van der Waals surface area contributed by atoms with Crippen LogP contribution in [-0.4, -0.2) is 23.5 Å². The molecule has 1 aromatic carbocycles. The third-order valence-electron chi connectivity index (χ3n) is 4.23. The molecule has 2 aromatic rings. The Balaban J connectivity index is 2.16. The third-order valence-corrected chi connectivity index (χ3v) is 4.23. The van der Waals surface area contributed by atoms with Crippen LogP contribution >= 0.6 is 0 Å². The number of carbonyl (C=O) groups excluding carboxylic acids is 1. The molecule has 130 valence electrons. The van der Waals surface area contributed by atoms with E-state index in [0.717, 1.165) is 5.56 Å². The molecule has 1 aliphatic heterocycles. The minimum atomic E-state index is -0.882. The maximum absolute atomic E-state index is 11.4. The van der Waals surface area contributed by atoms with Gasteiger partial charge in [0.15, 0.2) is 0 Å². The molecular formula is C18H15N5O3. The lowest BCUT2D eigenvalue weighted by atomic mass is 9.81. The molecule has 0 spiro atoms. The quantitative estimate of drug-likeness (QED) is 0.799. The van der Waals surface area contributed by atoms with Crippen LogP contribution in [0.5, 0.6) is 5.88 Å². The summed E-state index contributed by atoms with van der Waals surface area (Å²) in [4.78, 5) is 11.4. The van der Waals surface area contributed by atoms with Gasteiger partial charge < -0.3 is 14.8 Å². The summed E-state index contributed by atoms with van der Waals surface area (Å²) in [6.45, 7) is 3.59. The van der Waals surface area contributed by atoms with Crippen molar-refractivity contribution in [3.8, 4) is 18.0 Å². The second-order valence-corrected chi connectivity index (χ2v) is 5.75. The Morgan fingerprint density at radius 1 is 1.19 bits per heavy atom. The fraction of sp³-hybridized carbons (Fsp3) is 0.222. The lowest BCUT2D eigenvalue weighted by Gasteiger charge is -2.26. The normalized spacial score (nSPS) is 14.7. The van der Waals surface area contributed by atoms with Gasteiger partial charge in [-0.25, -0.2) is 4.79 Å². The minimum Gasteiger partial charge on any atom is -0.437 e. The summed E-state index contributed by atoms with van der Waals surface area (Å²) in [6.07, 6.45) is -0.882. The van der Waals surface area contributed by atoms with Gasteiger partial charge in [-0.1, -0.05) is 6.07 Å². The molecule has 26 heavy (non-hydrogen) atoms. The van der Waals surface area contributed by atoms with Crippen LogP contribution in [0.4, 0.5) is 4.79 Å². The molecule has 0 amide bonds. The van der Waals surface area contributed by atoms with E-state index in [1.54, 1.807) is 26.0 Å². The molecule has 0 saturated heterocycles. The number of hydrogen-bond donors (Lipinski definition) is 2. The fourth-order valence-corrected chi connectivity index (χ4v) is 3.01. The van der Waals surface area contributed by atoms with Crippen LogP contribution < -0.4 is 10.1 Å². The second-order valence-electron chi connectivity index (χ2n) is 5.75. The number of aromatic amines is 1. The van der Waals surface area contributed by atoms with Crippen molar-refractivity contribution < 1.29 is 14.3 Å². The van der Waals surface area contributed by atoms with Crippen LogP contribution in [0.3, 0.4) is 0 Å². The highest BCUT2D eigenvalue weighted by Gasteiger charge is 2.29. The van der Waals surface area contributed by atoms with Crippen molar-refractivity contribution in [3.63, 3.8) is 0 Å². The topological polar surface area (TPSA) is 124 Å². The van der Waals surface area contributed by atoms with Crippen LogP contribution in [0.25, 0.3) is 10.9 Å². The number of benzene rings is 1. The molecule has 0 bridgehead atoms. The van der Waals surface area contributed by atoms with Crippen molar-refractivity contribution in [2.45, 2.75) is 19.8 Å². The van der Waals surface area contributed by atoms with Crippen LogP contribution in [-0.2, 0) is 4.74 Å². The molecule has 0 radical (unpaired) electrons. The van der Waals surface area contributed by atoms with Gasteiger partial charge in [0.2, 0.25) is 0 Å². The molecule has 0 atom stereocenters. The van der Waals surface area contributed by atoms with Gasteiger partial charge in [-0.3, -0.25) is 5.10 Å². The number of H-pyrrole nitrogens is 1. The molecule has 0 unspecified atom stereocenters. The van der Waals surface area contributed by atoms with Crippen LogP contribution in [0.15, 0.2) is 40.7 Å². The van der Waals surface area contributed by atoms with E-state index in [9.17, 15) is 15.3 Å². The van der Waals surface area contributed by atoms with Gasteiger partial charge in [-0.15, -0.1) is 5.10 Å². The molecule has 0 aliphatic carbocycles. The Bertz CT molecular complexity index is 1010. The summed E-state index contributed by atoms with van der Waals surface area (Å²) in [5, 5.41) is 29.5. The van der Waals surface area contributed by atoms with Crippen LogP contribution in [0.2, 0.25) is 0 Å². The summed E-state index contributed by atoms with van der Waals surface area (Å²) in [7, 11) is 1.21. The minimum absolute atomic E-state index is 0.0704. The van der Waals surface area contributed by atoms with E-state index < -0.39 is 12.1 Å². The zero-order valence-corrected chi connectivity index (χ0v) is 14.4. The van der Waals surface area contributed by atoms with Gasteiger partial charge in [0.05, 0.1) is 47.2 Å². The van der Waals surface area contributed by atoms with Crippen molar-refractivity contribution >= 4 is 17.1 Å². The number of nitrogens with zero attached hydrogens (tertiary/aromatic N) is 3. The third kappa shape index (κ3) is 2.74. The number of aromatic nitrogens is 2. The Morgan fingerprint density at radius 2 is 1.85 bits per heavy atom. The SMILES string of the molecule is COC(=O)Oc1n[nH]c2ccc(C3C(C#N)=C(C)NC(C)=C3C#N)cc12. The highest BCUT2D eigenvalue weighted by atomic mass is 16.7. The molecule has 8 nitrogen and oxygen atoms in total. The number of fused-ring (bicyclic) bond motifs is 1. The summed E-state index contributed by atoms with van der Waals surface area (Å²) in [6, 6.07) is 9.70. The first-order valence-corrected chi connectivity index (χ1v) is 7.72. The van der Waals surface area contributed by atoms with Gasteiger partial charge in [0.1, 0.15) is 0 Å². The van der Waals surface area contributed by atoms with Gasteiger partial charge in [-0.2, -0.15) is 10.5 Å². The predicted octanol–water partition coefficient (Wildman–Crippen LogP) is 2.99. The van der Waals surface area contributed by atoms with Crippen LogP contribution in [0, 0.1) is 22.7 Å². The second kappa shape index (κ2) is 6.61. The predicted molar refractivity (Wildman–Crippen MR) is 91.6 cm³/mol. The van der Waals surface area contributed by atoms with Gasteiger partial charge in [-0.05, 0) is 31.5 Å². The van der Waals surface area contributed by atoms with Crippen molar-refractivity contribution in [2.24, 2.45) is 0 Å². The first kappa shape index (κ1) is 17.1. The van der Waals surface area contributed by atoms with E-state index in [1.807, 2.05) is 6.07 Å². The number of ether oxygens (including phenoxy) is 2. The summed E-state index contributed by atoms with van der Waals surface area (Å²) in [5.74, 6) is -0.433. The van der Waals surface area contributed by atoms with E-state index >= 15 is 0 Å². The van der Waals surface area contributed by atoms with Gasteiger partial charge >= 0.3 is 6.16 Å². The first-order valence-electron chi connectivity index (χ1n) is 7.72. The Kier molecular flexibility index (Phi) is 4.34. The monoisotopic (exact) mass is 349 g/mol. The lowest BCUT2D eigenvalue weighted by molar-refractivity contribution is 0.120. The maximum atomic E-state index is 11.4. The number of nitrogens with one attached hydrogen (secondary N) is 2.